The van der Waals surface area contributed by atoms with Crippen LogP contribution in [-0.2, 0) is 16.6 Å². The van der Waals surface area contributed by atoms with Gasteiger partial charge in [-0.1, -0.05) is 12.1 Å². The lowest BCUT2D eigenvalue weighted by Crippen LogP contribution is -2.31. The molecule has 1 aromatic heterocycles. The monoisotopic (exact) mass is 455 g/mol. The Kier molecular flexibility index (Phi) is 6.99. The summed E-state index contributed by atoms with van der Waals surface area (Å²) in [6, 6.07) is 15.9. The molecule has 1 heterocycles. The fraction of sp³-hybridized carbons (Fsp3) is 0.217. The first-order chi connectivity index (χ1) is 15.2. The Labute approximate surface area is 186 Å². The maximum atomic E-state index is 12.5. The predicted molar refractivity (Wildman–Crippen MR) is 123 cm³/mol. The number of hydrogen-bond donors (Lipinski definition) is 2. The zero-order valence-corrected chi connectivity index (χ0v) is 18.9. The smallest absolute Gasteiger partial charge is 0.261 e. The number of amides is 1. The van der Waals surface area contributed by atoms with Gasteiger partial charge < -0.3 is 14.6 Å². The van der Waals surface area contributed by atoms with Crippen LogP contribution in [0.4, 0.5) is 5.69 Å². The Morgan fingerprint density at radius 1 is 1.03 bits per heavy atom. The molecule has 2 N–H and O–H groups in total. The minimum Gasteiger partial charge on any atom is -0.496 e. The number of rotatable bonds is 8. The molecule has 0 atom stereocenters. The van der Waals surface area contributed by atoms with E-state index in [1.54, 1.807) is 29.7 Å². The highest BCUT2D eigenvalue weighted by Gasteiger charge is 2.14. The van der Waals surface area contributed by atoms with E-state index in [0.29, 0.717) is 23.5 Å². The number of hydrogen-bond acceptors (Lipinski definition) is 5. The van der Waals surface area contributed by atoms with Crippen LogP contribution < -0.4 is 20.3 Å². The number of nitrogens with zero attached hydrogens (tertiary/aromatic N) is 1. The number of pyridine rings is 1. The van der Waals surface area contributed by atoms with Gasteiger partial charge in [0.05, 0.1) is 12.0 Å². The van der Waals surface area contributed by atoms with Crippen molar-refractivity contribution in [2.45, 2.75) is 25.3 Å². The fourth-order valence-corrected chi connectivity index (χ4v) is 4.34. The summed E-state index contributed by atoms with van der Waals surface area (Å²) in [5.74, 6) is 0.170. The van der Waals surface area contributed by atoms with Crippen molar-refractivity contribution < 1.29 is 17.9 Å². The highest BCUT2D eigenvalue weighted by atomic mass is 32.2. The minimum absolute atomic E-state index is 0.170. The lowest BCUT2D eigenvalue weighted by molar-refractivity contribution is 0.0952. The predicted octanol–water partition coefficient (Wildman–Crippen LogP) is 2.70. The third-order valence-corrected chi connectivity index (χ3v) is 6.24. The van der Waals surface area contributed by atoms with Crippen LogP contribution in [0.2, 0.25) is 0 Å². The number of benzene rings is 2. The molecule has 9 heteroatoms. The molecule has 0 spiro atoms. The van der Waals surface area contributed by atoms with Gasteiger partial charge in [-0.15, -0.1) is 0 Å². The molecule has 8 nitrogen and oxygen atoms in total. The molecule has 0 saturated heterocycles. The van der Waals surface area contributed by atoms with Crippen LogP contribution in [0.5, 0.6) is 5.75 Å². The van der Waals surface area contributed by atoms with Crippen LogP contribution in [0, 0.1) is 13.8 Å². The van der Waals surface area contributed by atoms with Crippen LogP contribution >= 0.6 is 0 Å². The normalized spacial score (nSPS) is 11.1. The second-order valence-corrected chi connectivity index (χ2v) is 8.96. The Morgan fingerprint density at radius 3 is 2.38 bits per heavy atom. The van der Waals surface area contributed by atoms with Gasteiger partial charge in [-0.05, 0) is 61.9 Å². The first-order valence-corrected chi connectivity index (χ1v) is 11.4. The van der Waals surface area contributed by atoms with Crippen molar-refractivity contribution in [3.8, 4) is 5.75 Å². The summed E-state index contributed by atoms with van der Waals surface area (Å²) in [4.78, 5) is 24.7. The number of aryl methyl sites for hydroxylation is 2. The van der Waals surface area contributed by atoms with E-state index in [4.69, 9.17) is 4.74 Å². The van der Waals surface area contributed by atoms with E-state index >= 15 is 0 Å². The van der Waals surface area contributed by atoms with Crippen LogP contribution in [-0.4, -0.2) is 32.5 Å². The SMILES string of the molecule is COc1cc(C)n(CCNC(=O)c2ccc(NS(=O)(=O)c3cccc(C)c3)cc2)c(=O)c1. The van der Waals surface area contributed by atoms with Gasteiger partial charge in [-0.3, -0.25) is 14.3 Å². The van der Waals surface area contributed by atoms with Gasteiger partial charge in [-0.2, -0.15) is 0 Å². The summed E-state index contributed by atoms with van der Waals surface area (Å²) in [5, 5.41) is 2.76. The van der Waals surface area contributed by atoms with Gasteiger partial charge in [0.15, 0.2) is 0 Å². The van der Waals surface area contributed by atoms with E-state index in [0.717, 1.165) is 11.3 Å². The topological polar surface area (TPSA) is 106 Å². The van der Waals surface area contributed by atoms with Gasteiger partial charge in [0.2, 0.25) is 0 Å². The van der Waals surface area contributed by atoms with Crippen molar-refractivity contribution >= 4 is 21.6 Å². The van der Waals surface area contributed by atoms with Crippen LogP contribution in [0.15, 0.2) is 70.4 Å². The van der Waals surface area contributed by atoms with Gasteiger partial charge in [-0.25, -0.2) is 8.42 Å². The molecule has 3 aromatic rings. The molecule has 0 unspecified atom stereocenters. The van der Waals surface area contributed by atoms with E-state index < -0.39 is 10.0 Å². The number of carbonyl (C=O) groups is 1. The summed E-state index contributed by atoms with van der Waals surface area (Å²) >= 11 is 0. The molecule has 168 valence electrons. The van der Waals surface area contributed by atoms with Gasteiger partial charge in [0, 0.05) is 36.1 Å². The third kappa shape index (κ3) is 5.55. The average Bonchev–Trinajstić information content (AvgIpc) is 2.75. The number of anilines is 1. The molecule has 0 aliphatic heterocycles. The summed E-state index contributed by atoms with van der Waals surface area (Å²) in [6.07, 6.45) is 0. The van der Waals surface area contributed by atoms with E-state index in [9.17, 15) is 18.0 Å². The third-order valence-electron chi connectivity index (χ3n) is 4.86. The molecular formula is C23H25N3O5S. The molecular weight excluding hydrogens is 430 g/mol. The molecule has 1 amide bonds. The highest BCUT2D eigenvalue weighted by molar-refractivity contribution is 7.92. The Bertz CT molecular complexity index is 1280. The Balaban J connectivity index is 1.60. The second-order valence-electron chi connectivity index (χ2n) is 7.28. The highest BCUT2D eigenvalue weighted by Crippen LogP contribution is 2.17. The fourth-order valence-electron chi connectivity index (χ4n) is 3.17. The molecule has 2 aromatic carbocycles. The van der Waals surface area contributed by atoms with Gasteiger partial charge in [0.1, 0.15) is 5.75 Å². The number of aromatic nitrogens is 1. The Hall–Kier alpha value is -3.59. The summed E-state index contributed by atoms with van der Waals surface area (Å²) in [5.41, 5.74) is 2.09. The van der Waals surface area contributed by atoms with Crippen molar-refractivity contribution in [3.05, 3.63) is 87.8 Å². The van der Waals surface area contributed by atoms with Crippen molar-refractivity contribution in [2.24, 2.45) is 0 Å². The second kappa shape index (κ2) is 9.69. The molecule has 0 aliphatic carbocycles. The minimum atomic E-state index is -3.72. The van der Waals surface area contributed by atoms with Crippen molar-refractivity contribution in [2.75, 3.05) is 18.4 Å². The molecule has 0 aliphatic rings. The number of methoxy groups -OCH3 is 1. The number of nitrogens with one attached hydrogen (secondary N) is 2. The van der Waals surface area contributed by atoms with E-state index in [2.05, 4.69) is 10.0 Å². The number of sulfonamides is 1. The van der Waals surface area contributed by atoms with Crippen LogP contribution in [0.3, 0.4) is 0 Å². The molecule has 0 fully saturated rings. The van der Waals surface area contributed by atoms with E-state index in [1.807, 2.05) is 13.0 Å². The standard InChI is InChI=1S/C23H25N3O5S/c1-16-5-4-6-21(13-16)32(29,30)25-19-9-7-18(8-10-19)23(28)24-11-12-26-17(2)14-20(31-3)15-22(26)27/h4-10,13-15,25H,11-12H2,1-3H3,(H,24,28). The molecule has 0 radical (unpaired) electrons. The first kappa shape index (κ1) is 23.1. The summed E-state index contributed by atoms with van der Waals surface area (Å²) in [6.45, 7) is 4.18. The number of ether oxygens (including phenoxy) is 1. The van der Waals surface area contributed by atoms with Crippen LogP contribution in [0.1, 0.15) is 21.6 Å². The molecule has 0 bridgehead atoms. The zero-order chi connectivity index (χ0) is 23.3. The van der Waals surface area contributed by atoms with Crippen molar-refractivity contribution in [1.29, 1.82) is 0 Å². The maximum absolute atomic E-state index is 12.5. The first-order valence-electron chi connectivity index (χ1n) is 9.93. The van der Waals surface area contributed by atoms with Crippen LogP contribution in [0.25, 0.3) is 0 Å². The largest absolute Gasteiger partial charge is 0.496 e. The van der Waals surface area contributed by atoms with E-state index in [1.165, 1.54) is 43.5 Å². The van der Waals surface area contributed by atoms with Crippen molar-refractivity contribution in [1.82, 2.24) is 9.88 Å². The van der Waals surface area contributed by atoms with Crippen molar-refractivity contribution in [3.63, 3.8) is 0 Å². The lowest BCUT2D eigenvalue weighted by atomic mass is 10.2. The molecule has 32 heavy (non-hydrogen) atoms. The summed E-state index contributed by atoms with van der Waals surface area (Å²) in [7, 11) is -2.22. The zero-order valence-electron chi connectivity index (χ0n) is 18.1. The average molecular weight is 456 g/mol. The molecule has 3 rings (SSSR count). The maximum Gasteiger partial charge on any atom is 0.261 e. The van der Waals surface area contributed by atoms with Gasteiger partial charge >= 0.3 is 0 Å². The van der Waals surface area contributed by atoms with E-state index in [-0.39, 0.29) is 22.9 Å². The summed E-state index contributed by atoms with van der Waals surface area (Å²) < 4.78 is 34.2. The van der Waals surface area contributed by atoms with Gasteiger partial charge in [0.25, 0.3) is 21.5 Å². The molecule has 0 saturated carbocycles. The number of carbonyl (C=O) groups excluding carboxylic acids is 1. The quantitative estimate of drug-likeness (QED) is 0.543. The Morgan fingerprint density at radius 2 is 1.75 bits per heavy atom. The lowest BCUT2D eigenvalue weighted by Gasteiger charge is -2.12.